The Morgan fingerprint density at radius 3 is 2.71 bits per heavy atom. The van der Waals surface area contributed by atoms with Crippen molar-refractivity contribution in [1.29, 1.82) is 0 Å². The summed E-state index contributed by atoms with van der Waals surface area (Å²) in [7, 11) is -3.60. The average Bonchev–Trinajstić information content (AvgIpc) is 2.48. The van der Waals surface area contributed by atoms with Gasteiger partial charge in [0, 0.05) is 11.3 Å². The predicted octanol–water partition coefficient (Wildman–Crippen LogP) is 3.94. The van der Waals surface area contributed by atoms with Crippen LogP contribution in [0.15, 0.2) is 5.16 Å². The number of oxime groups is 1. The Morgan fingerprint density at radius 1 is 1.29 bits per heavy atom. The highest BCUT2D eigenvalue weighted by molar-refractivity contribution is 7.87. The Labute approximate surface area is 133 Å². The van der Waals surface area contributed by atoms with E-state index in [2.05, 4.69) is 5.16 Å². The molecule has 2 fully saturated rings. The third-order valence-corrected chi connectivity index (χ3v) is 7.26. The molecule has 0 N–H and O–H groups in total. The molecule has 6 heteroatoms. The zero-order valence-electron chi connectivity index (χ0n) is 12.9. The van der Waals surface area contributed by atoms with Crippen LogP contribution in [-0.2, 0) is 14.4 Å². The molecule has 122 valence electrons. The van der Waals surface area contributed by atoms with Crippen molar-refractivity contribution in [3.05, 3.63) is 0 Å². The van der Waals surface area contributed by atoms with Crippen LogP contribution in [0.4, 0.5) is 0 Å². The number of rotatable bonds is 5. The van der Waals surface area contributed by atoms with Crippen LogP contribution < -0.4 is 0 Å². The quantitative estimate of drug-likeness (QED) is 0.434. The molecule has 4 nitrogen and oxygen atoms in total. The van der Waals surface area contributed by atoms with Crippen LogP contribution in [0, 0.1) is 17.8 Å². The number of hydrogen-bond acceptors (Lipinski definition) is 4. The molecule has 2 aliphatic carbocycles. The van der Waals surface area contributed by atoms with Gasteiger partial charge in [0.15, 0.2) is 0 Å². The van der Waals surface area contributed by atoms with Crippen molar-refractivity contribution in [2.75, 3.05) is 0 Å². The van der Waals surface area contributed by atoms with Crippen molar-refractivity contribution < 1.29 is 12.7 Å². The van der Waals surface area contributed by atoms with E-state index >= 15 is 0 Å². The number of alkyl halides is 1. The van der Waals surface area contributed by atoms with Gasteiger partial charge in [-0.15, -0.1) is 11.6 Å². The summed E-state index contributed by atoms with van der Waals surface area (Å²) < 4.78 is 28.4. The van der Waals surface area contributed by atoms with Gasteiger partial charge in [-0.1, -0.05) is 31.3 Å². The highest BCUT2D eigenvalue weighted by atomic mass is 35.5. The Balaban J connectivity index is 2.00. The molecule has 0 aromatic heterocycles. The number of hydrogen-bond donors (Lipinski definition) is 0. The zero-order valence-corrected chi connectivity index (χ0v) is 14.4. The second kappa shape index (κ2) is 7.32. The smallest absolute Gasteiger partial charge is 0.269 e. The molecule has 0 amide bonds. The second-order valence-electron chi connectivity index (χ2n) is 6.42. The van der Waals surface area contributed by atoms with Gasteiger partial charge < -0.3 is 0 Å². The van der Waals surface area contributed by atoms with E-state index in [1.165, 1.54) is 32.1 Å². The number of fused-ring (bicyclic) bond motifs is 1. The van der Waals surface area contributed by atoms with Gasteiger partial charge in [0.1, 0.15) is 0 Å². The third-order valence-electron chi connectivity index (χ3n) is 5.14. The molecule has 5 atom stereocenters. The Bertz CT molecular complexity index is 466. The Morgan fingerprint density at radius 2 is 2.00 bits per heavy atom. The van der Waals surface area contributed by atoms with Gasteiger partial charge in [-0.3, -0.25) is 4.28 Å². The Kier molecular flexibility index (Phi) is 5.95. The lowest BCUT2D eigenvalue weighted by Gasteiger charge is -2.42. The fourth-order valence-corrected chi connectivity index (χ4v) is 4.67. The van der Waals surface area contributed by atoms with Crippen LogP contribution in [0.3, 0.4) is 0 Å². The van der Waals surface area contributed by atoms with Gasteiger partial charge in [0.25, 0.3) is 0 Å². The maximum absolute atomic E-state index is 11.8. The summed E-state index contributed by atoms with van der Waals surface area (Å²) in [5, 5.41) is 3.29. The molecule has 5 unspecified atom stereocenters. The first-order valence-corrected chi connectivity index (χ1v) is 9.96. The van der Waals surface area contributed by atoms with Gasteiger partial charge in [-0.2, -0.15) is 8.42 Å². The van der Waals surface area contributed by atoms with E-state index in [4.69, 9.17) is 15.9 Å². The summed E-state index contributed by atoms with van der Waals surface area (Å²) in [6.07, 6.45) is 9.32. The standard InChI is InChI=1S/C15H26ClNO3S/c1-3-11(2)21(18,19)20-17-10-14-13-7-5-4-6-12(13)8-9-15(14)16/h10-15H,3-9H2,1-2H3/b17-10+. The molecule has 0 bridgehead atoms. The van der Waals surface area contributed by atoms with E-state index in [9.17, 15) is 8.42 Å². The molecule has 2 rings (SSSR count). The Hall–Kier alpha value is -0.290. The minimum Gasteiger partial charge on any atom is -0.269 e. The third kappa shape index (κ3) is 4.13. The SMILES string of the molecule is CCC(C)S(=O)(=O)O/N=C/C1C(Cl)CCC2CCCCC21. The molecule has 21 heavy (non-hydrogen) atoms. The van der Waals surface area contributed by atoms with Crippen LogP contribution in [-0.4, -0.2) is 25.3 Å². The largest absolute Gasteiger partial charge is 0.331 e. The van der Waals surface area contributed by atoms with E-state index in [1.54, 1.807) is 13.1 Å². The molecule has 0 heterocycles. The van der Waals surface area contributed by atoms with Crippen molar-refractivity contribution in [2.24, 2.45) is 22.9 Å². The maximum atomic E-state index is 11.8. The molecule has 0 aliphatic heterocycles. The molecule has 0 aromatic rings. The fourth-order valence-electron chi connectivity index (χ4n) is 3.57. The minimum atomic E-state index is -3.60. The van der Waals surface area contributed by atoms with Crippen LogP contribution >= 0.6 is 11.6 Å². The molecule has 2 aliphatic rings. The minimum absolute atomic E-state index is 0.0444. The summed E-state index contributed by atoms with van der Waals surface area (Å²) >= 11 is 6.45. The van der Waals surface area contributed by atoms with Gasteiger partial charge >= 0.3 is 10.1 Å². The average molecular weight is 336 g/mol. The monoisotopic (exact) mass is 335 g/mol. The first-order chi connectivity index (χ1) is 9.95. The van der Waals surface area contributed by atoms with Gasteiger partial charge in [-0.25, -0.2) is 0 Å². The summed E-state index contributed by atoms with van der Waals surface area (Å²) in [4.78, 5) is 0. The van der Waals surface area contributed by atoms with Crippen molar-refractivity contribution in [3.63, 3.8) is 0 Å². The summed E-state index contributed by atoms with van der Waals surface area (Å²) in [6, 6.07) is 0. The van der Waals surface area contributed by atoms with E-state index in [-0.39, 0.29) is 11.3 Å². The number of nitrogens with zero attached hydrogens (tertiary/aromatic N) is 1. The van der Waals surface area contributed by atoms with Crippen molar-refractivity contribution in [2.45, 2.75) is 69.4 Å². The van der Waals surface area contributed by atoms with Gasteiger partial charge in [0.2, 0.25) is 0 Å². The van der Waals surface area contributed by atoms with E-state index in [1.807, 2.05) is 6.92 Å². The lowest BCUT2D eigenvalue weighted by Crippen LogP contribution is -2.38. The summed E-state index contributed by atoms with van der Waals surface area (Å²) in [5.41, 5.74) is 0. The van der Waals surface area contributed by atoms with Crippen molar-refractivity contribution in [1.82, 2.24) is 0 Å². The fraction of sp³-hybridized carbons (Fsp3) is 0.933. The molecule has 0 saturated heterocycles. The van der Waals surface area contributed by atoms with Crippen LogP contribution in [0.2, 0.25) is 0 Å². The van der Waals surface area contributed by atoms with Gasteiger partial charge in [0.05, 0.1) is 11.5 Å². The van der Waals surface area contributed by atoms with E-state index in [0.29, 0.717) is 12.3 Å². The molecular formula is C15H26ClNO3S. The molecule has 0 aromatic carbocycles. The highest BCUT2D eigenvalue weighted by Crippen LogP contribution is 2.44. The lowest BCUT2D eigenvalue weighted by molar-refractivity contribution is 0.143. The first-order valence-electron chi connectivity index (χ1n) is 8.05. The molecule has 0 radical (unpaired) electrons. The van der Waals surface area contributed by atoms with E-state index in [0.717, 1.165) is 12.3 Å². The highest BCUT2D eigenvalue weighted by Gasteiger charge is 2.39. The predicted molar refractivity (Wildman–Crippen MR) is 86.1 cm³/mol. The lowest BCUT2D eigenvalue weighted by atomic mass is 9.66. The molecule has 2 saturated carbocycles. The zero-order chi connectivity index (χ0) is 15.5. The molecular weight excluding hydrogens is 310 g/mol. The van der Waals surface area contributed by atoms with Crippen LogP contribution in [0.5, 0.6) is 0 Å². The summed E-state index contributed by atoms with van der Waals surface area (Å²) in [5.74, 6) is 1.39. The van der Waals surface area contributed by atoms with Crippen LogP contribution in [0.1, 0.15) is 58.8 Å². The van der Waals surface area contributed by atoms with E-state index < -0.39 is 15.4 Å². The normalized spacial score (nSPS) is 35.4. The van der Waals surface area contributed by atoms with Crippen molar-refractivity contribution >= 4 is 27.9 Å². The van der Waals surface area contributed by atoms with Gasteiger partial charge in [-0.05, 0) is 44.4 Å². The van der Waals surface area contributed by atoms with Crippen molar-refractivity contribution in [3.8, 4) is 0 Å². The summed E-state index contributed by atoms with van der Waals surface area (Å²) in [6.45, 7) is 3.45. The second-order valence-corrected chi connectivity index (χ2v) is 8.92. The maximum Gasteiger partial charge on any atom is 0.331 e. The first kappa shape index (κ1) is 17.1. The number of halogens is 1. The molecule has 0 spiro atoms. The topological polar surface area (TPSA) is 55.7 Å². The van der Waals surface area contributed by atoms with Crippen LogP contribution in [0.25, 0.3) is 0 Å².